The number of para-hydroxylation sites is 4. The molecule has 2 heterocycles. The van der Waals surface area contributed by atoms with Gasteiger partial charge in [-0.3, -0.25) is 0 Å². The number of fused-ring (bicyclic) bond motifs is 4. The molecule has 0 spiro atoms. The van der Waals surface area contributed by atoms with Crippen LogP contribution in [-0.4, -0.2) is 0 Å². The summed E-state index contributed by atoms with van der Waals surface area (Å²) < 4.78 is 19.1. The number of hydrogen-bond acceptors (Lipinski definition) is 3. The lowest BCUT2D eigenvalue weighted by atomic mass is 9.94. The summed E-state index contributed by atoms with van der Waals surface area (Å²) in [7, 11) is 0. The second-order valence-electron chi connectivity index (χ2n) is 7.25. The van der Waals surface area contributed by atoms with Gasteiger partial charge in [0.25, 0.3) is 0 Å². The zero-order chi connectivity index (χ0) is 19.2. The predicted octanol–water partition coefficient (Wildman–Crippen LogP) is 6.79. The monoisotopic (exact) mass is 378 g/mol. The van der Waals surface area contributed by atoms with E-state index in [2.05, 4.69) is 24.3 Å². The molecule has 0 radical (unpaired) electrons. The Morgan fingerprint density at radius 2 is 0.690 bits per heavy atom. The first kappa shape index (κ1) is 16.4. The minimum atomic E-state index is -0.236. The van der Waals surface area contributed by atoms with Crippen molar-refractivity contribution < 1.29 is 14.2 Å². The van der Waals surface area contributed by atoms with Crippen molar-refractivity contribution in [1.29, 1.82) is 0 Å². The van der Waals surface area contributed by atoms with Crippen molar-refractivity contribution in [2.75, 3.05) is 0 Å². The van der Waals surface area contributed by atoms with Crippen molar-refractivity contribution in [2.24, 2.45) is 0 Å². The predicted molar refractivity (Wildman–Crippen MR) is 111 cm³/mol. The van der Waals surface area contributed by atoms with E-state index in [-0.39, 0.29) is 12.2 Å². The Balaban J connectivity index is 1.51. The van der Waals surface area contributed by atoms with Crippen LogP contribution in [0.2, 0.25) is 0 Å². The fraction of sp³-hybridized carbons (Fsp3) is 0.0769. The average Bonchev–Trinajstić information content (AvgIpc) is 2.78. The Hall–Kier alpha value is -3.56. The van der Waals surface area contributed by atoms with E-state index in [9.17, 15) is 0 Å². The van der Waals surface area contributed by atoms with Crippen molar-refractivity contribution in [2.45, 2.75) is 12.2 Å². The van der Waals surface area contributed by atoms with Gasteiger partial charge in [0.05, 0.1) is 0 Å². The van der Waals surface area contributed by atoms with Gasteiger partial charge in [-0.1, -0.05) is 72.8 Å². The first-order valence-electron chi connectivity index (χ1n) is 9.75. The van der Waals surface area contributed by atoms with Gasteiger partial charge in [-0.05, 0) is 24.3 Å². The molecule has 0 bridgehead atoms. The summed E-state index contributed by atoms with van der Waals surface area (Å²) in [6.45, 7) is 0. The molecule has 0 aliphatic carbocycles. The molecule has 2 aliphatic heterocycles. The normalized spacial score (nSPS) is 14.6. The Kier molecular flexibility index (Phi) is 3.68. The van der Waals surface area contributed by atoms with E-state index in [1.807, 2.05) is 72.8 Å². The zero-order valence-electron chi connectivity index (χ0n) is 15.6. The van der Waals surface area contributed by atoms with Crippen molar-refractivity contribution in [3.05, 3.63) is 119 Å². The standard InChI is InChI=1S/C26H18O3/c1-5-13-21-17(9-1)25(18-10-2-6-14-22(18)27-21)29-26-19-11-3-7-15-23(19)28-24-16-8-4-12-20(24)26/h1-16,25-26H. The third-order valence-electron chi connectivity index (χ3n) is 5.52. The molecule has 140 valence electrons. The van der Waals surface area contributed by atoms with Crippen molar-refractivity contribution in [3.63, 3.8) is 0 Å². The Bertz CT molecular complexity index is 1030. The van der Waals surface area contributed by atoms with Crippen LogP contribution in [0.4, 0.5) is 0 Å². The van der Waals surface area contributed by atoms with Crippen LogP contribution in [0.25, 0.3) is 0 Å². The Morgan fingerprint density at radius 1 is 0.414 bits per heavy atom. The second kappa shape index (κ2) is 6.50. The molecule has 0 saturated carbocycles. The maximum absolute atomic E-state index is 6.88. The summed E-state index contributed by atoms with van der Waals surface area (Å²) in [5.41, 5.74) is 4.14. The molecule has 0 N–H and O–H groups in total. The lowest BCUT2D eigenvalue weighted by Gasteiger charge is -2.34. The molecular weight excluding hydrogens is 360 g/mol. The van der Waals surface area contributed by atoms with Crippen LogP contribution in [-0.2, 0) is 4.74 Å². The van der Waals surface area contributed by atoms with Gasteiger partial charge in [-0.2, -0.15) is 0 Å². The molecule has 0 fully saturated rings. The molecule has 0 amide bonds. The van der Waals surface area contributed by atoms with Gasteiger partial charge in [0.1, 0.15) is 35.2 Å². The number of ether oxygens (including phenoxy) is 3. The minimum absolute atomic E-state index is 0.236. The van der Waals surface area contributed by atoms with Gasteiger partial charge in [-0.15, -0.1) is 0 Å². The van der Waals surface area contributed by atoms with E-state index in [1.165, 1.54) is 0 Å². The van der Waals surface area contributed by atoms with Crippen LogP contribution in [0, 0.1) is 0 Å². The fourth-order valence-electron chi connectivity index (χ4n) is 4.16. The molecular formula is C26H18O3. The van der Waals surface area contributed by atoms with E-state index < -0.39 is 0 Å². The molecule has 0 saturated heterocycles. The molecule has 6 rings (SSSR count). The number of hydrogen-bond donors (Lipinski definition) is 0. The maximum Gasteiger partial charge on any atom is 0.133 e. The lowest BCUT2D eigenvalue weighted by Crippen LogP contribution is -2.19. The van der Waals surface area contributed by atoms with Gasteiger partial charge >= 0.3 is 0 Å². The lowest BCUT2D eigenvalue weighted by molar-refractivity contribution is 0.0207. The molecule has 3 nitrogen and oxygen atoms in total. The van der Waals surface area contributed by atoms with Crippen molar-refractivity contribution >= 4 is 0 Å². The molecule has 29 heavy (non-hydrogen) atoms. The highest BCUT2D eigenvalue weighted by molar-refractivity contribution is 5.55. The van der Waals surface area contributed by atoms with E-state index >= 15 is 0 Å². The van der Waals surface area contributed by atoms with E-state index in [4.69, 9.17) is 14.2 Å². The minimum Gasteiger partial charge on any atom is -0.457 e. The first-order valence-corrected chi connectivity index (χ1v) is 9.75. The Morgan fingerprint density at radius 3 is 1.00 bits per heavy atom. The first-order chi connectivity index (χ1) is 14.4. The van der Waals surface area contributed by atoms with Gasteiger partial charge in [0.15, 0.2) is 0 Å². The number of benzene rings is 4. The molecule has 0 aromatic heterocycles. The second-order valence-corrected chi connectivity index (χ2v) is 7.25. The zero-order valence-corrected chi connectivity index (χ0v) is 15.6. The summed E-state index contributed by atoms with van der Waals surface area (Å²) >= 11 is 0. The quantitative estimate of drug-likeness (QED) is 0.384. The average molecular weight is 378 g/mol. The molecule has 2 aliphatic rings. The van der Waals surface area contributed by atoms with Crippen molar-refractivity contribution in [1.82, 2.24) is 0 Å². The van der Waals surface area contributed by atoms with Gasteiger partial charge in [0, 0.05) is 22.3 Å². The summed E-state index contributed by atoms with van der Waals surface area (Å²) in [5, 5.41) is 0. The SMILES string of the molecule is c1ccc2c(c1)Oc1ccccc1C2OC1c2ccccc2Oc2ccccc21. The molecule has 0 atom stereocenters. The van der Waals surface area contributed by atoms with Crippen molar-refractivity contribution in [3.8, 4) is 23.0 Å². The van der Waals surface area contributed by atoms with E-state index in [0.29, 0.717) is 0 Å². The topological polar surface area (TPSA) is 27.7 Å². The molecule has 4 aromatic carbocycles. The molecule has 3 heteroatoms. The van der Waals surface area contributed by atoms with Crippen LogP contribution in [0.5, 0.6) is 23.0 Å². The smallest absolute Gasteiger partial charge is 0.133 e. The largest absolute Gasteiger partial charge is 0.457 e. The summed E-state index contributed by atoms with van der Waals surface area (Å²) in [5.74, 6) is 3.35. The Labute approximate surface area is 169 Å². The summed E-state index contributed by atoms with van der Waals surface area (Å²) in [6.07, 6.45) is -0.472. The van der Waals surface area contributed by atoms with Gasteiger partial charge in [0.2, 0.25) is 0 Å². The summed E-state index contributed by atoms with van der Waals surface area (Å²) in [4.78, 5) is 0. The van der Waals surface area contributed by atoms with E-state index in [0.717, 1.165) is 45.3 Å². The number of rotatable bonds is 2. The third kappa shape index (κ3) is 2.63. The van der Waals surface area contributed by atoms with Crippen LogP contribution in [0.1, 0.15) is 34.5 Å². The van der Waals surface area contributed by atoms with Gasteiger partial charge < -0.3 is 14.2 Å². The highest BCUT2D eigenvalue weighted by Crippen LogP contribution is 2.51. The van der Waals surface area contributed by atoms with Crippen LogP contribution in [0.3, 0.4) is 0 Å². The maximum atomic E-state index is 6.88. The third-order valence-corrected chi connectivity index (χ3v) is 5.52. The van der Waals surface area contributed by atoms with Crippen LogP contribution in [0.15, 0.2) is 97.1 Å². The molecule has 4 aromatic rings. The molecule has 0 unspecified atom stereocenters. The fourth-order valence-corrected chi connectivity index (χ4v) is 4.16. The van der Waals surface area contributed by atoms with Crippen LogP contribution < -0.4 is 9.47 Å². The van der Waals surface area contributed by atoms with E-state index in [1.54, 1.807) is 0 Å². The van der Waals surface area contributed by atoms with Gasteiger partial charge in [-0.25, -0.2) is 0 Å². The highest BCUT2D eigenvalue weighted by Gasteiger charge is 2.34. The highest BCUT2D eigenvalue weighted by atomic mass is 16.5. The van der Waals surface area contributed by atoms with Crippen LogP contribution >= 0.6 is 0 Å². The summed E-state index contributed by atoms with van der Waals surface area (Å²) in [6, 6.07) is 32.3.